The number of fused-ring (bicyclic) bond motifs is 1. The van der Waals surface area contributed by atoms with Crippen LogP contribution >= 0.6 is 0 Å². The third-order valence-electron chi connectivity index (χ3n) is 6.28. The number of hydrogen-bond acceptors (Lipinski definition) is 7. The number of nitrogens with one attached hydrogen (secondary N) is 2. The van der Waals surface area contributed by atoms with Crippen LogP contribution in [0, 0.1) is 0 Å². The fourth-order valence-electron chi connectivity index (χ4n) is 4.14. The first kappa shape index (κ1) is 30.8. The first-order valence-corrected chi connectivity index (χ1v) is 13.0. The molecule has 0 fully saturated rings. The van der Waals surface area contributed by atoms with Gasteiger partial charge in [-0.1, -0.05) is 43.3 Å². The van der Waals surface area contributed by atoms with Gasteiger partial charge in [0.25, 0.3) is 11.8 Å². The van der Waals surface area contributed by atoms with Crippen molar-refractivity contribution < 1.29 is 39.2 Å². The van der Waals surface area contributed by atoms with Gasteiger partial charge in [-0.3, -0.25) is 14.5 Å². The smallest absolute Gasteiger partial charge is 0.414 e. The highest BCUT2D eigenvalue weighted by Crippen LogP contribution is 2.32. The zero-order chi connectivity index (χ0) is 29.9. The molecule has 5 N–H and O–H groups in total. The van der Waals surface area contributed by atoms with E-state index in [-0.39, 0.29) is 18.4 Å². The second kappa shape index (κ2) is 14.6. The fourth-order valence-corrected chi connectivity index (χ4v) is 4.14. The van der Waals surface area contributed by atoms with Crippen LogP contribution in [0.5, 0.6) is 5.75 Å². The zero-order valence-corrected chi connectivity index (χ0v) is 22.8. The standard InChI is InChI=1S/C28H31N3O4.C2H2O4/c1-3-31(14-7-15-32)18-22-16-21(10-12-24(22)20-8-5-4-6-9-20)28(34)29-23-11-13-26-25(17-23)30-27(33)19(2)35-26;3-1(4)2(5)6/h4-6,8-13,16-17,19,32H,3,7,14-15,18H2,1-2H3,(H,29,34)(H,30,33);(H,3,4)(H,5,6). The topological polar surface area (TPSA) is 165 Å². The maximum absolute atomic E-state index is 13.1. The Balaban J connectivity index is 0.000000696. The molecular weight excluding hydrogens is 530 g/mol. The number of carboxylic acids is 2. The SMILES string of the molecule is CCN(CCCO)Cc1cc(C(=O)Nc2ccc3c(c2)NC(=O)C(C)O3)ccc1-c1ccccc1.O=C(O)C(=O)O. The molecule has 1 aliphatic heterocycles. The minimum absolute atomic E-state index is 0.148. The average Bonchev–Trinajstić information content (AvgIpc) is 2.96. The molecule has 3 aromatic rings. The van der Waals surface area contributed by atoms with Crippen LogP contribution in [0.3, 0.4) is 0 Å². The Labute approximate surface area is 237 Å². The number of rotatable bonds is 9. The van der Waals surface area contributed by atoms with Crippen LogP contribution in [0.15, 0.2) is 66.7 Å². The van der Waals surface area contributed by atoms with Crippen molar-refractivity contribution in [3.05, 3.63) is 77.9 Å². The van der Waals surface area contributed by atoms with Crippen molar-refractivity contribution in [2.24, 2.45) is 0 Å². The summed E-state index contributed by atoms with van der Waals surface area (Å²) in [5.74, 6) is -3.53. The van der Waals surface area contributed by atoms with E-state index in [2.05, 4.69) is 34.6 Å². The van der Waals surface area contributed by atoms with Crippen LogP contribution in [-0.2, 0) is 20.9 Å². The fraction of sp³-hybridized carbons (Fsp3) is 0.267. The number of benzene rings is 3. The van der Waals surface area contributed by atoms with Crippen molar-refractivity contribution in [1.82, 2.24) is 4.90 Å². The average molecular weight is 564 g/mol. The number of amides is 2. The number of nitrogens with zero attached hydrogens (tertiary/aromatic N) is 1. The molecule has 2 amide bonds. The number of aliphatic hydroxyl groups is 1. The van der Waals surface area contributed by atoms with E-state index in [9.17, 15) is 14.7 Å². The Morgan fingerprint density at radius 3 is 2.34 bits per heavy atom. The molecule has 0 aromatic heterocycles. The highest BCUT2D eigenvalue weighted by atomic mass is 16.5. The molecule has 0 saturated carbocycles. The van der Waals surface area contributed by atoms with E-state index in [1.165, 1.54) is 0 Å². The monoisotopic (exact) mass is 563 g/mol. The largest absolute Gasteiger partial charge is 0.479 e. The van der Waals surface area contributed by atoms with E-state index in [1.807, 2.05) is 36.4 Å². The summed E-state index contributed by atoms with van der Waals surface area (Å²) in [4.78, 5) is 45.5. The number of aliphatic hydroxyl groups excluding tert-OH is 1. The number of carbonyl (C=O) groups excluding carboxylic acids is 2. The van der Waals surface area contributed by atoms with Crippen molar-refractivity contribution in [2.45, 2.75) is 32.9 Å². The van der Waals surface area contributed by atoms with Crippen molar-refractivity contribution in [2.75, 3.05) is 30.3 Å². The molecule has 0 radical (unpaired) electrons. The molecule has 1 aliphatic rings. The van der Waals surface area contributed by atoms with Gasteiger partial charge in [-0.15, -0.1) is 0 Å². The van der Waals surface area contributed by atoms with Gasteiger partial charge < -0.3 is 30.7 Å². The molecule has 41 heavy (non-hydrogen) atoms. The van der Waals surface area contributed by atoms with Crippen LogP contribution < -0.4 is 15.4 Å². The molecular formula is C30H33N3O8. The van der Waals surface area contributed by atoms with Gasteiger partial charge >= 0.3 is 11.9 Å². The van der Waals surface area contributed by atoms with Crippen LogP contribution in [0.25, 0.3) is 11.1 Å². The number of anilines is 2. The van der Waals surface area contributed by atoms with E-state index in [1.54, 1.807) is 25.1 Å². The maximum atomic E-state index is 13.1. The van der Waals surface area contributed by atoms with Crippen molar-refractivity contribution in [1.29, 1.82) is 0 Å². The van der Waals surface area contributed by atoms with Gasteiger partial charge in [-0.2, -0.15) is 0 Å². The van der Waals surface area contributed by atoms with E-state index in [0.29, 0.717) is 35.7 Å². The van der Waals surface area contributed by atoms with Crippen molar-refractivity contribution in [3.8, 4) is 16.9 Å². The van der Waals surface area contributed by atoms with Crippen molar-refractivity contribution >= 4 is 35.1 Å². The molecule has 1 unspecified atom stereocenters. The molecule has 11 heteroatoms. The lowest BCUT2D eigenvalue weighted by atomic mass is 9.96. The Bertz CT molecular complexity index is 1380. The van der Waals surface area contributed by atoms with Crippen LogP contribution in [0.2, 0.25) is 0 Å². The molecule has 0 saturated heterocycles. The molecule has 0 aliphatic carbocycles. The minimum Gasteiger partial charge on any atom is -0.479 e. The normalized spacial score (nSPS) is 13.7. The number of carboxylic acid groups (broad SMARTS) is 2. The van der Waals surface area contributed by atoms with E-state index in [4.69, 9.17) is 24.5 Å². The van der Waals surface area contributed by atoms with E-state index < -0.39 is 18.0 Å². The highest BCUT2D eigenvalue weighted by Gasteiger charge is 2.24. The van der Waals surface area contributed by atoms with Crippen LogP contribution in [0.1, 0.15) is 36.2 Å². The van der Waals surface area contributed by atoms with E-state index in [0.717, 1.165) is 29.8 Å². The summed E-state index contributed by atoms with van der Waals surface area (Å²) in [7, 11) is 0. The predicted octanol–water partition coefficient (Wildman–Crippen LogP) is 3.69. The van der Waals surface area contributed by atoms with Crippen LogP contribution in [-0.4, -0.2) is 69.8 Å². The lowest BCUT2D eigenvalue weighted by molar-refractivity contribution is -0.159. The number of ether oxygens (including phenoxy) is 1. The summed E-state index contributed by atoms with van der Waals surface area (Å²) in [5, 5.41) is 29.8. The third-order valence-corrected chi connectivity index (χ3v) is 6.28. The van der Waals surface area contributed by atoms with Crippen molar-refractivity contribution in [3.63, 3.8) is 0 Å². The molecule has 216 valence electrons. The lowest BCUT2D eigenvalue weighted by Crippen LogP contribution is -2.34. The number of aliphatic carboxylic acids is 2. The van der Waals surface area contributed by atoms with Gasteiger partial charge in [0, 0.05) is 30.9 Å². The summed E-state index contributed by atoms with van der Waals surface area (Å²) in [6.07, 6.45) is 0.149. The summed E-state index contributed by atoms with van der Waals surface area (Å²) < 4.78 is 5.59. The minimum atomic E-state index is -1.82. The Morgan fingerprint density at radius 2 is 1.71 bits per heavy atom. The first-order valence-electron chi connectivity index (χ1n) is 13.0. The Kier molecular flexibility index (Phi) is 11.0. The van der Waals surface area contributed by atoms with Gasteiger partial charge in [-0.25, -0.2) is 9.59 Å². The number of hydrogen-bond donors (Lipinski definition) is 5. The molecule has 1 atom stereocenters. The van der Waals surface area contributed by atoms with Gasteiger partial charge in [0.1, 0.15) is 5.75 Å². The molecule has 3 aromatic carbocycles. The second-order valence-electron chi connectivity index (χ2n) is 9.21. The summed E-state index contributed by atoms with van der Waals surface area (Å²) in [6.45, 7) is 6.22. The zero-order valence-electron chi connectivity index (χ0n) is 22.8. The Morgan fingerprint density at radius 1 is 1.00 bits per heavy atom. The van der Waals surface area contributed by atoms with Crippen LogP contribution in [0.4, 0.5) is 11.4 Å². The summed E-state index contributed by atoms with van der Waals surface area (Å²) in [5.41, 5.74) is 4.86. The highest BCUT2D eigenvalue weighted by molar-refractivity contribution is 6.27. The predicted molar refractivity (Wildman–Crippen MR) is 153 cm³/mol. The molecule has 0 bridgehead atoms. The van der Waals surface area contributed by atoms with Gasteiger partial charge in [0.15, 0.2) is 6.10 Å². The lowest BCUT2D eigenvalue weighted by Gasteiger charge is -2.24. The van der Waals surface area contributed by atoms with Gasteiger partial charge in [0.2, 0.25) is 0 Å². The summed E-state index contributed by atoms with van der Waals surface area (Å²) >= 11 is 0. The second-order valence-corrected chi connectivity index (χ2v) is 9.21. The van der Waals surface area contributed by atoms with E-state index >= 15 is 0 Å². The number of carbonyl (C=O) groups is 4. The van der Waals surface area contributed by atoms with Gasteiger partial charge in [0.05, 0.1) is 5.69 Å². The molecule has 1 heterocycles. The molecule has 11 nitrogen and oxygen atoms in total. The van der Waals surface area contributed by atoms with Gasteiger partial charge in [-0.05, 0) is 66.9 Å². The first-order chi connectivity index (χ1) is 19.6. The molecule has 0 spiro atoms. The molecule has 4 rings (SSSR count). The summed E-state index contributed by atoms with van der Waals surface area (Å²) in [6, 6.07) is 21.1. The maximum Gasteiger partial charge on any atom is 0.414 e. The quantitative estimate of drug-likeness (QED) is 0.244. The Hall–Kier alpha value is -4.74. The third kappa shape index (κ3) is 8.62.